The number of aromatic nitrogens is 6. The van der Waals surface area contributed by atoms with Gasteiger partial charge in [0.1, 0.15) is 11.5 Å². The van der Waals surface area contributed by atoms with E-state index in [4.69, 9.17) is 9.26 Å². The second kappa shape index (κ2) is 7.97. The lowest BCUT2D eigenvalue weighted by atomic mass is 10.2. The second-order valence-corrected chi connectivity index (χ2v) is 6.38. The summed E-state index contributed by atoms with van der Waals surface area (Å²) in [6.07, 6.45) is 3.40. The van der Waals surface area contributed by atoms with E-state index in [2.05, 4.69) is 40.9 Å². The van der Waals surface area contributed by atoms with E-state index >= 15 is 0 Å². The van der Waals surface area contributed by atoms with Crippen molar-refractivity contribution in [3.63, 3.8) is 0 Å². The average molecular weight is 392 g/mol. The maximum atomic E-state index is 5.41. The molecule has 0 atom stereocenters. The highest BCUT2D eigenvalue weighted by Gasteiger charge is 2.13. The number of nitrogens with zero attached hydrogens (tertiary/aromatic N) is 5. The predicted octanol–water partition coefficient (Wildman–Crippen LogP) is 3.23. The van der Waals surface area contributed by atoms with Crippen LogP contribution in [0.15, 0.2) is 41.2 Å². The Morgan fingerprint density at radius 1 is 1.21 bits per heavy atom. The van der Waals surface area contributed by atoms with Crippen molar-refractivity contribution in [3.05, 3.63) is 53.7 Å². The average Bonchev–Trinajstić information content (AvgIpc) is 3.37. The van der Waals surface area contributed by atoms with Gasteiger partial charge in [-0.3, -0.25) is 5.10 Å². The molecule has 0 bridgehead atoms. The van der Waals surface area contributed by atoms with Crippen molar-refractivity contribution < 1.29 is 9.26 Å². The summed E-state index contributed by atoms with van der Waals surface area (Å²) in [5.74, 6) is 2.95. The van der Waals surface area contributed by atoms with Gasteiger partial charge in [0.2, 0.25) is 11.8 Å². The number of nitrogens with one attached hydrogen (secondary N) is 3. The van der Waals surface area contributed by atoms with Crippen molar-refractivity contribution in [2.45, 2.75) is 20.4 Å². The molecule has 0 aliphatic heterocycles. The SMILES string of the molecule is COc1ncccc1-c1cc(CNc2ncc(C)c(Nc3cc(C)[nH]n3)n2)on1. The molecule has 0 aliphatic carbocycles. The number of hydrogen-bond acceptors (Lipinski definition) is 9. The molecule has 0 saturated carbocycles. The minimum atomic E-state index is 0.375. The van der Waals surface area contributed by atoms with Gasteiger partial charge >= 0.3 is 0 Å². The van der Waals surface area contributed by atoms with E-state index < -0.39 is 0 Å². The summed E-state index contributed by atoms with van der Waals surface area (Å²) in [6.45, 7) is 4.24. The normalized spacial score (nSPS) is 10.7. The molecule has 0 radical (unpaired) electrons. The van der Waals surface area contributed by atoms with Gasteiger partial charge in [-0.1, -0.05) is 5.16 Å². The zero-order chi connectivity index (χ0) is 20.2. The van der Waals surface area contributed by atoms with Crippen LogP contribution in [-0.4, -0.2) is 37.4 Å². The van der Waals surface area contributed by atoms with Crippen LogP contribution in [0.1, 0.15) is 17.0 Å². The van der Waals surface area contributed by atoms with Crippen LogP contribution < -0.4 is 15.4 Å². The highest BCUT2D eigenvalue weighted by atomic mass is 16.5. The lowest BCUT2D eigenvalue weighted by Gasteiger charge is -2.08. The van der Waals surface area contributed by atoms with E-state index in [0.29, 0.717) is 41.5 Å². The van der Waals surface area contributed by atoms with Crippen molar-refractivity contribution in [2.24, 2.45) is 0 Å². The molecule has 0 aliphatic rings. The van der Waals surface area contributed by atoms with Gasteiger partial charge in [0.05, 0.1) is 19.2 Å². The van der Waals surface area contributed by atoms with Crippen LogP contribution in [0.4, 0.5) is 17.6 Å². The predicted molar refractivity (Wildman–Crippen MR) is 107 cm³/mol. The summed E-state index contributed by atoms with van der Waals surface area (Å²) in [4.78, 5) is 13.0. The van der Waals surface area contributed by atoms with Crippen LogP contribution in [0.3, 0.4) is 0 Å². The number of aryl methyl sites for hydroxylation is 2. The summed E-state index contributed by atoms with van der Waals surface area (Å²) in [5, 5.41) is 17.5. The Bertz CT molecular complexity index is 1120. The fourth-order valence-electron chi connectivity index (χ4n) is 2.69. The largest absolute Gasteiger partial charge is 0.481 e. The third-order valence-corrected chi connectivity index (χ3v) is 4.14. The molecule has 148 valence electrons. The van der Waals surface area contributed by atoms with Crippen LogP contribution in [0.25, 0.3) is 11.3 Å². The summed E-state index contributed by atoms with van der Waals surface area (Å²) in [5.41, 5.74) is 3.27. The Balaban J connectivity index is 1.46. The van der Waals surface area contributed by atoms with Crippen LogP contribution >= 0.6 is 0 Å². The molecule has 0 saturated heterocycles. The Labute approximate surface area is 166 Å². The Hall–Kier alpha value is -3.95. The topological polar surface area (TPSA) is 127 Å². The van der Waals surface area contributed by atoms with Gasteiger partial charge in [0.25, 0.3) is 0 Å². The minimum Gasteiger partial charge on any atom is -0.481 e. The Morgan fingerprint density at radius 2 is 2.10 bits per heavy atom. The third kappa shape index (κ3) is 4.15. The summed E-state index contributed by atoms with van der Waals surface area (Å²) in [7, 11) is 1.57. The lowest BCUT2D eigenvalue weighted by Crippen LogP contribution is -2.06. The van der Waals surface area contributed by atoms with E-state index in [9.17, 15) is 0 Å². The molecule has 4 aromatic heterocycles. The molecule has 10 nitrogen and oxygen atoms in total. The van der Waals surface area contributed by atoms with Crippen molar-refractivity contribution in [1.82, 2.24) is 30.3 Å². The van der Waals surface area contributed by atoms with Gasteiger partial charge in [-0.25, -0.2) is 9.97 Å². The number of anilines is 3. The number of methoxy groups -OCH3 is 1. The molecule has 0 fully saturated rings. The molecule has 0 amide bonds. The maximum absolute atomic E-state index is 5.41. The van der Waals surface area contributed by atoms with Gasteiger partial charge in [0, 0.05) is 35.8 Å². The van der Waals surface area contributed by atoms with Crippen LogP contribution in [0.5, 0.6) is 5.88 Å². The van der Waals surface area contributed by atoms with Gasteiger partial charge in [0.15, 0.2) is 11.6 Å². The standard InChI is InChI=1S/C19H20N8O2/c1-11-9-21-19(24-17(11)23-16-7-12(2)25-26-16)22-10-13-8-15(27-29-13)14-5-4-6-20-18(14)28-3/h4-9H,10H2,1-3H3,(H3,21,22,23,24,25,26). The number of H-pyrrole nitrogens is 1. The zero-order valence-electron chi connectivity index (χ0n) is 16.2. The second-order valence-electron chi connectivity index (χ2n) is 6.38. The van der Waals surface area contributed by atoms with Crippen molar-refractivity contribution in [1.29, 1.82) is 0 Å². The summed E-state index contributed by atoms with van der Waals surface area (Å²) in [6, 6.07) is 7.42. The monoisotopic (exact) mass is 392 g/mol. The molecular formula is C19H20N8O2. The highest BCUT2D eigenvalue weighted by molar-refractivity contribution is 5.64. The molecule has 0 unspecified atom stereocenters. The van der Waals surface area contributed by atoms with Crippen LogP contribution in [-0.2, 0) is 6.54 Å². The molecule has 4 rings (SSSR count). The lowest BCUT2D eigenvalue weighted by molar-refractivity contribution is 0.386. The summed E-state index contributed by atoms with van der Waals surface area (Å²) >= 11 is 0. The molecule has 4 heterocycles. The number of ether oxygens (including phenoxy) is 1. The fourth-order valence-corrected chi connectivity index (χ4v) is 2.69. The van der Waals surface area contributed by atoms with Crippen LogP contribution in [0, 0.1) is 13.8 Å². The van der Waals surface area contributed by atoms with E-state index in [1.807, 2.05) is 38.1 Å². The first kappa shape index (κ1) is 18.4. The van der Waals surface area contributed by atoms with E-state index in [0.717, 1.165) is 16.8 Å². The van der Waals surface area contributed by atoms with E-state index in [1.165, 1.54) is 0 Å². The number of rotatable bonds is 7. The Morgan fingerprint density at radius 3 is 2.90 bits per heavy atom. The maximum Gasteiger partial charge on any atom is 0.225 e. The fraction of sp³-hybridized carbons (Fsp3) is 0.211. The Kier molecular flexibility index (Phi) is 5.06. The molecular weight excluding hydrogens is 372 g/mol. The van der Waals surface area contributed by atoms with Gasteiger partial charge in [-0.15, -0.1) is 0 Å². The molecule has 10 heteroatoms. The molecule has 29 heavy (non-hydrogen) atoms. The molecule has 4 aromatic rings. The number of hydrogen-bond donors (Lipinski definition) is 3. The quantitative estimate of drug-likeness (QED) is 0.434. The third-order valence-electron chi connectivity index (χ3n) is 4.14. The smallest absolute Gasteiger partial charge is 0.225 e. The highest BCUT2D eigenvalue weighted by Crippen LogP contribution is 2.27. The van der Waals surface area contributed by atoms with Gasteiger partial charge < -0.3 is 19.9 Å². The first-order valence-electron chi connectivity index (χ1n) is 8.94. The first-order valence-corrected chi connectivity index (χ1v) is 8.94. The number of pyridine rings is 1. The van der Waals surface area contributed by atoms with Crippen molar-refractivity contribution >= 4 is 17.6 Å². The number of aromatic amines is 1. The first-order chi connectivity index (χ1) is 14.1. The van der Waals surface area contributed by atoms with E-state index in [1.54, 1.807) is 19.5 Å². The van der Waals surface area contributed by atoms with Gasteiger partial charge in [-0.05, 0) is 26.0 Å². The molecule has 0 spiro atoms. The van der Waals surface area contributed by atoms with Gasteiger partial charge in [-0.2, -0.15) is 10.1 Å². The molecule has 3 N–H and O–H groups in total. The molecule has 0 aromatic carbocycles. The van der Waals surface area contributed by atoms with Crippen molar-refractivity contribution in [2.75, 3.05) is 17.7 Å². The zero-order valence-corrected chi connectivity index (χ0v) is 16.2. The summed E-state index contributed by atoms with van der Waals surface area (Å²) < 4.78 is 10.7. The van der Waals surface area contributed by atoms with Crippen LogP contribution in [0.2, 0.25) is 0 Å². The minimum absolute atomic E-state index is 0.375. The van der Waals surface area contributed by atoms with Crippen molar-refractivity contribution in [3.8, 4) is 17.1 Å². The van der Waals surface area contributed by atoms with E-state index in [-0.39, 0.29) is 0 Å².